The van der Waals surface area contributed by atoms with Gasteiger partial charge in [0, 0.05) is 11.3 Å². The van der Waals surface area contributed by atoms with E-state index in [1.54, 1.807) is 0 Å². The molecule has 0 saturated heterocycles. The van der Waals surface area contributed by atoms with E-state index in [0.29, 0.717) is 24.2 Å². The van der Waals surface area contributed by atoms with Gasteiger partial charge in [-0.1, -0.05) is 32.9 Å². The van der Waals surface area contributed by atoms with Gasteiger partial charge in [0.25, 0.3) is 0 Å². The van der Waals surface area contributed by atoms with Crippen LogP contribution >= 0.6 is 0 Å². The van der Waals surface area contributed by atoms with Gasteiger partial charge in [-0.2, -0.15) is 0 Å². The highest BCUT2D eigenvalue weighted by Crippen LogP contribution is 2.70. The molecule has 4 bridgehead atoms. The highest BCUT2D eigenvalue weighted by Gasteiger charge is 2.71. The van der Waals surface area contributed by atoms with Crippen molar-refractivity contribution in [1.29, 1.82) is 0 Å². The minimum absolute atomic E-state index is 0.0852. The zero-order valence-corrected chi connectivity index (χ0v) is 12.9. The predicted octanol–water partition coefficient (Wildman–Crippen LogP) is 3.35. The highest BCUT2D eigenvalue weighted by molar-refractivity contribution is 5.92. The lowest BCUT2D eigenvalue weighted by atomic mass is 9.61. The molecule has 0 aliphatic heterocycles. The fourth-order valence-electron chi connectivity index (χ4n) is 6.04. The van der Waals surface area contributed by atoms with Crippen molar-refractivity contribution in [3.05, 3.63) is 12.2 Å². The van der Waals surface area contributed by atoms with Crippen LogP contribution in [0.15, 0.2) is 12.2 Å². The summed E-state index contributed by atoms with van der Waals surface area (Å²) in [6, 6.07) is 0. The molecule has 4 rings (SSSR count). The summed E-state index contributed by atoms with van der Waals surface area (Å²) in [7, 11) is 0. The van der Waals surface area contributed by atoms with Crippen LogP contribution in [0.3, 0.4) is 0 Å². The Kier molecular flexibility index (Phi) is 2.34. The normalized spacial score (nSPS) is 54.8. The van der Waals surface area contributed by atoms with Crippen molar-refractivity contribution in [2.24, 2.45) is 34.5 Å². The predicted molar refractivity (Wildman–Crippen MR) is 78.0 cm³/mol. The number of rotatable bonds is 2. The molecular weight excluding hydrogens is 248 g/mol. The van der Waals surface area contributed by atoms with Gasteiger partial charge < -0.3 is 5.11 Å². The Morgan fingerprint density at radius 2 is 1.95 bits per heavy atom. The van der Waals surface area contributed by atoms with Crippen LogP contribution in [0.4, 0.5) is 0 Å². The average molecular weight is 274 g/mol. The first-order valence-electron chi connectivity index (χ1n) is 8.25. The number of fused-ring (bicyclic) bond motifs is 4. The van der Waals surface area contributed by atoms with Crippen molar-refractivity contribution in [3.63, 3.8) is 0 Å². The zero-order chi connectivity index (χ0) is 14.3. The molecule has 4 aliphatic rings. The molecule has 3 saturated carbocycles. The number of carbonyl (C=O) groups is 1. The number of ketones is 1. The van der Waals surface area contributed by atoms with Crippen molar-refractivity contribution in [1.82, 2.24) is 0 Å². The Morgan fingerprint density at radius 1 is 1.20 bits per heavy atom. The maximum Gasteiger partial charge on any atom is 0.168 e. The molecule has 0 unspecified atom stereocenters. The van der Waals surface area contributed by atoms with Crippen molar-refractivity contribution in [3.8, 4) is 0 Å². The number of carbonyl (C=O) groups excluding carboxylic acids is 1. The third-order valence-electron chi connectivity index (χ3n) is 7.91. The van der Waals surface area contributed by atoms with E-state index in [9.17, 15) is 9.90 Å². The van der Waals surface area contributed by atoms with Gasteiger partial charge in [0.05, 0.1) is 0 Å². The fraction of sp³-hybridized carbons (Fsp3) is 0.833. The standard InChI is InChI=1S/C18H26O2/c1-16(2)13-6-7-17(16,3)18(20,10-13)15(19)14-9-11-4-5-12(14)8-11/h4-5,11-14,20H,6-10H2,1-3H3/t11-,12+,13+,14+,17+,18-/m0/s1. The number of hydrogen-bond donors (Lipinski definition) is 1. The van der Waals surface area contributed by atoms with Crippen LogP contribution in [0.25, 0.3) is 0 Å². The lowest BCUT2D eigenvalue weighted by Crippen LogP contribution is -2.55. The first kappa shape index (κ1) is 13.1. The Morgan fingerprint density at radius 3 is 2.40 bits per heavy atom. The molecule has 3 fully saturated rings. The molecule has 1 N–H and O–H groups in total. The second-order valence-electron chi connectivity index (χ2n) is 8.60. The fourth-order valence-corrected chi connectivity index (χ4v) is 6.04. The second-order valence-corrected chi connectivity index (χ2v) is 8.60. The third-order valence-corrected chi connectivity index (χ3v) is 7.91. The van der Waals surface area contributed by atoms with E-state index >= 15 is 0 Å². The topological polar surface area (TPSA) is 37.3 Å². The summed E-state index contributed by atoms with van der Waals surface area (Å²) in [5.41, 5.74) is -1.21. The summed E-state index contributed by atoms with van der Waals surface area (Å²) < 4.78 is 0. The smallest absolute Gasteiger partial charge is 0.168 e. The van der Waals surface area contributed by atoms with Crippen LogP contribution in [0, 0.1) is 34.5 Å². The summed E-state index contributed by atoms with van der Waals surface area (Å²) >= 11 is 0. The van der Waals surface area contributed by atoms with Gasteiger partial charge in [0.15, 0.2) is 5.78 Å². The lowest BCUT2D eigenvalue weighted by molar-refractivity contribution is -0.160. The van der Waals surface area contributed by atoms with Crippen molar-refractivity contribution in [2.45, 2.75) is 58.5 Å². The first-order valence-corrected chi connectivity index (χ1v) is 8.25. The van der Waals surface area contributed by atoms with Crippen molar-refractivity contribution in [2.75, 3.05) is 0 Å². The van der Waals surface area contributed by atoms with E-state index in [0.717, 1.165) is 19.3 Å². The van der Waals surface area contributed by atoms with Crippen LogP contribution < -0.4 is 0 Å². The highest BCUT2D eigenvalue weighted by atomic mass is 16.3. The van der Waals surface area contributed by atoms with E-state index < -0.39 is 5.60 Å². The van der Waals surface area contributed by atoms with Crippen molar-refractivity contribution < 1.29 is 9.90 Å². The molecule has 2 heteroatoms. The van der Waals surface area contributed by atoms with Crippen LogP contribution in [0.1, 0.15) is 52.9 Å². The zero-order valence-electron chi connectivity index (χ0n) is 12.9. The summed E-state index contributed by atoms with van der Waals surface area (Å²) in [6.07, 6.45) is 9.48. The molecule has 2 nitrogen and oxygen atoms in total. The van der Waals surface area contributed by atoms with E-state index in [1.165, 1.54) is 6.42 Å². The molecule has 4 aliphatic carbocycles. The minimum Gasteiger partial charge on any atom is -0.381 e. The maximum atomic E-state index is 13.2. The summed E-state index contributed by atoms with van der Waals surface area (Å²) in [6.45, 7) is 6.69. The molecule has 0 spiro atoms. The third kappa shape index (κ3) is 1.24. The van der Waals surface area contributed by atoms with Gasteiger partial charge in [-0.3, -0.25) is 4.79 Å². The molecule has 0 amide bonds. The average Bonchev–Trinajstić information content (AvgIpc) is 3.10. The maximum absolute atomic E-state index is 13.2. The van der Waals surface area contributed by atoms with E-state index in [-0.39, 0.29) is 22.5 Å². The molecule has 0 radical (unpaired) electrons. The molecular formula is C18H26O2. The number of aliphatic hydroxyl groups is 1. The van der Waals surface area contributed by atoms with Crippen LogP contribution in [-0.4, -0.2) is 16.5 Å². The van der Waals surface area contributed by atoms with Gasteiger partial charge >= 0.3 is 0 Å². The Balaban J connectivity index is 1.69. The van der Waals surface area contributed by atoms with Gasteiger partial charge in [0.2, 0.25) is 0 Å². The Bertz CT molecular complexity index is 506. The minimum atomic E-state index is -1.07. The van der Waals surface area contributed by atoms with Crippen LogP contribution in [0.5, 0.6) is 0 Å². The Hall–Kier alpha value is -0.630. The largest absolute Gasteiger partial charge is 0.381 e. The first-order chi connectivity index (χ1) is 9.29. The van der Waals surface area contributed by atoms with Gasteiger partial charge in [-0.25, -0.2) is 0 Å². The monoisotopic (exact) mass is 274 g/mol. The number of allylic oxidation sites excluding steroid dienone is 2. The molecule has 0 aromatic heterocycles. The molecule has 0 aromatic carbocycles. The van der Waals surface area contributed by atoms with Gasteiger partial charge in [-0.05, 0) is 55.3 Å². The molecule has 110 valence electrons. The van der Waals surface area contributed by atoms with E-state index in [1.807, 2.05) is 0 Å². The summed E-state index contributed by atoms with van der Waals surface area (Å²) in [5, 5.41) is 11.4. The van der Waals surface area contributed by atoms with E-state index in [4.69, 9.17) is 0 Å². The lowest BCUT2D eigenvalue weighted by Gasteiger charge is -2.45. The molecule has 0 heterocycles. The second kappa shape index (κ2) is 3.58. The summed E-state index contributed by atoms with van der Waals surface area (Å²) in [5.74, 6) is 1.77. The van der Waals surface area contributed by atoms with Gasteiger partial charge in [0.1, 0.15) is 5.60 Å². The van der Waals surface area contributed by atoms with E-state index in [2.05, 4.69) is 32.9 Å². The van der Waals surface area contributed by atoms with Crippen LogP contribution in [0.2, 0.25) is 0 Å². The molecule has 0 aromatic rings. The van der Waals surface area contributed by atoms with Gasteiger partial charge in [-0.15, -0.1) is 0 Å². The molecule has 20 heavy (non-hydrogen) atoms. The molecule has 6 atom stereocenters. The van der Waals surface area contributed by atoms with Crippen molar-refractivity contribution >= 4 is 5.78 Å². The van der Waals surface area contributed by atoms with Crippen LogP contribution in [-0.2, 0) is 4.79 Å². The quantitative estimate of drug-likeness (QED) is 0.784. The summed E-state index contributed by atoms with van der Waals surface area (Å²) in [4.78, 5) is 13.2. The SMILES string of the molecule is CC1(C)[C@@H]2CC[C@@]1(C)[C@@](O)(C(=O)[C@@H]1C[C@H]3C=C[C@@H]1C3)C2. The Labute approximate surface area is 121 Å². The number of hydrogen-bond acceptors (Lipinski definition) is 2. The number of Topliss-reactive ketones (excluding diaryl/α,β-unsaturated/α-hetero) is 1.